The van der Waals surface area contributed by atoms with Crippen LogP contribution >= 0.6 is 0 Å². The Bertz CT molecular complexity index is 994. The molecule has 0 radical (unpaired) electrons. The minimum Gasteiger partial charge on any atom is -0.490 e. The van der Waals surface area contributed by atoms with Crippen LogP contribution in [-0.4, -0.2) is 18.3 Å². The van der Waals surface area contributed by atoms with E-state index in [4.69, 9.17) is 4.74 Å². The van der Waals surface area contributed by atoms with Crippen LogP contribution in [0.2, 0.25) is 0 Å². The lowest BCUT2D eigenvalue weighted by Crippen LogP contribution is -2.24. The van der Waals surface area contributed by atoms with Crippen molar-refractivity contribution in [1.82, 2.24) is 0 Å². The van der Waals surface area contributed by atoms with Crippen molar-refractivity contribution in [3.05, 3.63) is 69.6 Å². The van der Waals surface area contributed by atoms with E-state index in [2.05, 4.69) is 62.1 Å². The molecule has 2 aliphatic carbocycles. The minimum atomic E-state index is -0.00372. The molecule has 0 saturated heterocycles. The van der Waals surface area contributed by atoms with Gasteiger partial charge >= 0.3 is 0 Å². The summed E-state index contributed by atoms with van der Waals surface area (Å²) >= 11 is 0. The predicted molar refractivity (Wildman–Crippen MR) is 99.3 cm³/mol. The van der Waals surface area contributed by atoms with Crippen LogP contribution in [0.1, 0.15) is 23.1 Å². The van der Waals surface area contributed by atoms with Gasteiger partial charge in [-0.15, -0.1) is 0 Å². The van der Waals surface area contributed by atoms with E-state index in [9.17, 15) is 5.11 Å². The van der Waals surface area contributed by atoms with Gasteiger partial charge in [0.15, 0.2) is 0 Å². The number of aliphatic hydroxyl groups is 1. The SMILES string of the molecule is C=c1c(C)c2c(c(C3=CC=CC3)c1OCCO)=Cc1ccccc1-2. The molecule has 0 aliphatic heterocycles. The van der Waals surface area contributed by atoms with Crippen molar-refractivity contribution in [1.29, 1.82) is 0 Å². The second-order valence-corrected chi connectivity index (χ2v) is 6.22. The van der Waals surface area contributed by atoms with E-state index in [-0.39, 0.29) is 13.2 Å². The van der Waals surface area contributed by atoms with E-state index in [0.29, 0.717) is 0 Å². The van der Waals surface area contributed by atoms with Crippen molar-refractivity contribution in [2.24, 2.45) is 0 Å². The highest BCUT2D eigenvalue weighted by Gasteiger charge is 2.23. The molecule has 2 aromatic rings. The molecule has 0 amide bonds. The van der Waals surface area contributed by atoms with E-state index in [1.807, 2.05) is 0 Å². The van der Waals surface area contributed by atoms with Crippen molar-refractivity contribution in [3.8, 4) is 16.9 Å². The molecule has 4 rings (SSSR count). The quantitative estimate of drug-likeness (QED) is 0.802. The highest BCUT2D eigenvalue weighted by Crippen LogP contribution is 2.34. The maximum absolute atomic E-state index is 9.20. The fourth-order valence-electron chi connectivity index (χ4n) is 3.68. The Morgan fingerprint density at radius 2 is 2.04 bits per heavy atom. The first-order valence-corrected chi connectivity index (χ1v) is 8.28. The summed E-state index contributed by atoms with van der Waals surface area (Å²) < 4.78 is 5.93. The van der Waals surface area contributed by atoms with Crippen LogP contribution in [0.5, 0.6) is 5.75 Å². The van der Waals surface area contributed by atoms with Gasteiger partial charge in [0, 0.05) is 10.8 Å². The molecule has 0 bridgehead atoms. The van der Waals surface area contributed by atoms with Gasteiger partial charge in [-0.3, -0.25) is 0 Å². The first-order valence-electron chi connectivity index (χ1n) is 8.28. The molecular weight excluding hydrogens is 296 g/mol. The van der Waals surface area contributed by atoms with Crippen molar-refractivity contribution in [2.45, 2.75) is 13.3 Å². The zero-order valence-electron chi connectivity index (χ0n) is 13.8. The third kappa shape index (κ3) is 2.15. The van der Waals surface area contributed by atoms with Crippen LogP contribution in [0.3, 0.4) is 0 Å². The zero-order chi connectivity index (χ0) is 16.7. The summed E-state index contributed by atoms with van der Waals surface area (Å²) in [5.41, 5.74) is 7.27. The molecule has 2 nitrogen and oxygen atoms in total. The summed E-state index contributed by atoms with van der Waals surface area (Å²) in [7, 11) is 0. The number of fused-ring (bicyclic) bond motifs is 3. The molecule has 2 aliphatic rings. The van der Waals surface area contributed by atoms with E-state index in [1.54, 1.807) is 0 Å². The number of ether oxygens (including phenoxy) is 1. The first kappa shape index (κ1) is 15.0. The lowest BCUT2D eigenvalue weighted by atomic mass is 9.92. The number of rotatable bonds is 4. The van der Waals surface area contributed by atoms with E-state index >= 15 is 0 Å². The standard InChI is InChI=1S/C22H20O2/c1-14-15(2)22(24-12-11-23)21(16-7-3-4-8-16)19-13-17-9-5-6-10-18(17)20(14)19/h3-7,9-10,13,23H,2,8,11-12H2,1H3. The Balaban J connectivity index is 2.07. The lowest BCUT2D eigenvalue weighted by molar-refractivity contribution is 0.200. The van der Waals surface area contributed by atoms with Crippen molar-refractivity contribution < 1.29 is 9.84 Å². The van der Waals surface area contributed by atoms with Crippen molar-refractivity contribution in [2.75, 3.05) is 13.2 Å². The molecule has 120 valence electrons. The summed E-state index contributed by atoms with van der Waals surface area (Å²) in [6.07, 6.45) is 9.53. The molecule has 1 N–H and O–H groups in total. The summed E-state index contributed by atoms with van der Waals surface area (Å²) in [6, 6.07) is 8.47. The van der Waals surface area contributed by atoms with Crippen LogP contribution < -0.4 is 15.2 Å². The number of aliphatic hydroxyl groups excluding tert-OH is 1. The summed E-state index contributed by atoms with van der Waals surface area (Å²) in [5.74, 6) is 0.805. The molecular formula is C22H20O2. The molecule has 0 saturated carbocycles. The van der Waals surface area contributed by atoms with Gasteiger partial charge in [-0.1, -0.05) is 49.1 Å². The lowest BCUT2D eigenvalue weighted by Gasteiger charge is -2.17. The van der Waals surface area contributed by atoms with Crippen LogP contribution in [-0.2, 0) is 0 Å². The van der Waals surface area contributed by atoms with E-state index < -0.39 is 0 Å². The van der Waals surface area contributed by atoms with Gasteiger partial charge < -0.3 is 9.84 Å². The molecule has 0 unspecified atom stereocenters. The average molecular weight is 316 g/mol. The predicted octanol–water partition coefficient (Wildman–Crippen LogP) is 2.93. The van der Waals surface area contributed by atoms with Gasteiger partial charge in [0.1, 0.15) is 12.4 Å². The third-order valence-electron chi connectivity index (χ3n) is 4.83. The molecule has 0 spiro atoms. The van der Waals surface area contributed by atoms with Gasteiger partial charge in [-0.05, 0) is 52.5 Å². The molecule has 0 aromatic heterocycles. The maximum Gasteiger partial charge on any atom is 0.134 e. The Hall–Kier alpha value is -2.58. The topological polar surface area (TPSA) is 29.5 Å². The highest BCUT2D eigenvalue weighted by atomic mass is 16.5. The fraction of sp³-hybridized carbons (Fsp3) is 0.182. The van der Waals surface area contributed by atoms with E-state index in [0.717, 1.165) is 28.5 Å². The Morgan fingerprint density at radius 3 is 2.79 bits per heavy atom. The molecule has 2 heteroatoms. The summed E-state index contributed by atoms with van der Waals surface area (Å²) in [4.78, 5) is 0. The largest absolute Gasteiger partial charge is 0.490 e. The Morgan fingerprint density at radius 1 is 1.21 bits per heavy atom. The summed E-state index contributed by atoms with van der Waals surface area (Å²) in [5, 5.41) is 11.3. The fourth-order valence-corrected chi connectivity index (χ4v) is 3.68. The average Bonchev–Trinajstić information content (AvgIpc) is 3.24. The van der Waals surface area contributed by atoms with Gasteiger partial charge in [0.2, 0.25) is 0 Å². The monoisotopic (exact) mass is 316 g/mol. The first-order chi connectivity index (χ1) is 11.7. The highest BCUT2D eigenvalue weighted by molar-refractivity contribution is 5.90. The number of benzene rings is 2. The molecule has 0 atom stereocenters. The van der Waals surface area contributed by atoms with Gasteiger partial charge in [0.25, 0.3) is 0 Å². The van der Waals surface area contributed by atoms with Gasteiger partial charge in [0.05, 0.1) is 6.61 Å². The van der Waals surface area contributed by atoms with Crippen LogP contribution in [0, 0.1) is 6.92 Å². The van der Waals surface area contributed by atoms with Crippen LogP contribution in [0.15, 0.2) is 42.5 Å². The molecule has 2 aromatic carbocycles. The minimum absolute atomic E-state index is 0.00372. The van der Waals surface area contributed by atoms with Crippen molar-refractivity contribution >= 4 is 18.2 Å². The zero-order valence-corrected chi connectivity index (χ0v) is 13.8. The van der Waals surface area contributed by atoms with E-state index in [1.165, 1.54) is 27.5 Å². The Kier molecular flexibility index (Phi) is 3.62. The molecule has 0 fully saturated rings. The maximum atomic E-state index is 9.20. The normalized spacial score (nSPS) is 14.2. The molecule has 24 heavy (non-hydrogen) atoms. The molecule has 0 heterocycles. The number of hydrogen-bond acceptors (Lipinski definition) is 2. The van der Waals surface area contributed by atoms with Crippen LogP contribution in [0.25, 0.3) is 29.4 Å². The van der Waals surface area contributed by atoms with Crippen molar-refractivity contribution in [3.63, 3.8) is 0 Å². The number of hydrogen-bond donors (Lipinski definition) is 1. The smallest absolute Gasteiger partial charge is 0.134 e. The third-order valence-corrected chi connectivity index (χ3v) is 4.83. The second-order valence-electron chi connectivity index (χ2n) is 6.22. The van der Waals surface area contributed by atoms with Crippen LogP contribution in [0.4, 0.5) is 0 Å². The number of allylic oxidation sites excluding steroid dienone is 4. The van der Waals surface area contributed by atoms with Gasteiger partial charge in [-0.2, -0.15) is 0 Å². The van der Waals surface area contributed by atoms with Gasteiger partial charge in [-0.25, -0.2) is 0 Å². The Labute approximate surface area is 141 Å². The summed E-state index contributed by atoms with van der Waals surface area (Å²) in [6.45, 7) is 6.67. The second kappa shape index (κ2) is 5.81.